The van der Waals surface area contributed by atoms with Gasteiger partial charge in [0.25, 0.3) is 0 Å². The Labute approximate surface area is 140 Å². The van der Waals surface area contributed by atoms with E-state index in [1.54, 1.807) is 13.0 Å². The van der Waals surface area contributed by atoms with E-state index < -0.39 is 0 Å². The van der Waals surface area contributed by atoms with Crippen LogP contribution in [0.3, 0.4) is 0 Å². The van der Waals surface area contributed by atoms with Crippen LogP contribution in [0.1, 0.15) is 16.7 Å². The third-order valence-electron chi connectivity index (χ3n) is 3.83. The van der Waals surface area contributed by atoms with Crippen molar-refractivity contribution >= 4 is 0 Å². The lowest BCUT2D eigenvalue weighted by Gasteiger charge is -2.09. The first-order valence-corrected chi connectivity index (χ1v) is 7.65. The van der Waals surface area contributed by atoms with Gasteiger partial charge in [0.2, 0.25) is 0 Å². The molecule has 118 valence electrons. The highest BCUT2D eigenvalue weighted by atomic mass is 19.1. The Bertz CT molecular complexity index is 880. The van der Waals surface area contributed by atoms with Crippen molar-refractivity contribution in [3.63, 3.8) is 0 Å². The molecule has 0 saturated heterocycles. The van der Waals surface area contributed by atoms with Crippen molar-refractivity contribution < 1.29 is 9.13 Å². The van der Waals surface area contributed by atoms with E-state index in [-0.39, 0.29) is 5.82 Å². The summed E-state index contributed by atoms with van der Waals surface area (Å²) < 4.78 is 19.6. The lowest BCUT2D eigenvalue weighted by atomic mass is 9.98. The number of nitrogens with zero attached hydrogens (tertiary/aromatic N) is 1. The summed E-state index contributed by atoms with van der Waals surface area (Å²) in [5, 5.41) is 9.26. The normalized spacial score (nSPS) is 10.2. The fourth-order valence-electron chi connectivity index (χ4n) is 2.48. The van der Waals surface area contributed by atoms with E-state index in [1.807, 2.05) is 54.6 Å². The summed E-state index contributed by atoms with van der Waals surface area (Å²) in [6.07, 6.45) is 0. The molecule has 0 N–H and O–H groups in total. The molecule has 0 amide bonds. The van der Waals surface area contributed by atoms with Gasteiger partial charge in [0, 0.05) is 5.56 Å². The predicted molar refractivity (Wildman–Crippen MR) is 92.1 cm³/mol. The van der Waals surface area contributed by atoms with Crippen LogP contribution in [0.15, 0.2) is 66.7 Å². The van der Waals surface area contributed by atoms with Crippen molar-refractivity contribution in [3.05, 3.63) is 89.2 Å². The first kappa shape index (κ1) is 15.8. The van der Waals surface area contributed by atoms with Crippen LogP contribution in [-0.4, -0.2) is 0 Å². The third-order valence-corrected chi connectivity index (χ3v) is 3.83. The minimum absolute atomic E-state index is 0.312. The predicted octanol–water partition coefficient (Wildman–Crippen LogP) is 5.25. The molecule has 0 aliphatic carbocycles. The number of hydrogen-bond acceptors (Lipinski definition) is 2. The molecule has 0 aromatic heterocycles. The average molecular weight is 317 g/mol. The first-order chi connectivity index (χ1) is 11.7. The van der Waals surface area contributed by atoms with Gasteiger partial charge in [0.1, 0.15) is 18.2 Å². The standard InChI is InChI=1S/C21H16FNO/c1-15-11-18(13-23)20(12-21(15)22)17-7-9-19(10-8-17)24-14-16-5-3-2-4-6-16/h2-12H,14H2,1H3. The molecule has 0 aliphatic rings. The molecule has 0 aliphatic heterocycles. The molecule has 2 nitrogen and oxygen atoms in total. The summed E-state index contributed by atoms with van der Waals surface area (Å²) in [6, 6.07) is 22.4. The van der Waals surface area contributed by atoms with Crippen molar-refractivity contribution in [1.29, 1.82) is 5.26 Å². The molecule has 3 rings (SSSR count). The molecule has 3 aromatic rings. The van der Waals surface area contributed by atoms with Gasteiger partial charge in [-0.15, -0.1) is 0 Å². The molecule has 0 bridgehead atoms. The number of rotatable bonds is 4. The molecule has 0 radical (unpaired) electrons. The number of nitriles is 1. The zero-order valence-electron chi connectivity index (χ0n) is 13.3. The molecule has 3 aromatic carbocycles. The summed E-state index contributed by atoms with van der Waals surface area (Å²) in [4.78, 5) is 0. The van der Waals surface area contributed by atoms with Crippen molar-refractivity contribution in [3.8, 4) is 22.9 Å². The third kappa shape index (κ3) is 3.44. The summed E-state index contributed by atoms with van der Waals surface area (Å²) in [5.41, 5.74) is 3.41. The second-order valence-electron chi connectivity index (χ2n) is 5.56. The number of hydrogen-bond donors (Lipinski definition) is 0. The molecule has 0 saturated carbocycles. The molecule has 24 heavy (non-hydrogen) atoms. The summed E-state index contributed by atoms with van der Waals surface area (Å²) in [7, 11) is 0. The van der Waals surface area contributed by atoms with Crippen LogP contribution in [0.5, 0.6) is 5.75 Å². The van der Waals surface area contributed by atoms with Gasteiger partial charge in [-0.05, 0) is 47.9 Å². The molecule has 0 unspecified atom stereocenters. The Balaban J connectivity index is 1.80. The molecule has 0 heterocycles. The Morgan fingerprint density at radius 3 is 2.38 bits per heavy atom. The van der Waals surface area contributed by atoms with Gasteiger partial charge in [-0.3, -0.25) is 0 Å². The van der Waals surface area contributed by atoms with Crippen LogP contribution >= 0.6 is 0 Å². The van der Waals surface area contributed by atoms with E-state index in [2.05, 4.69) is 6.07 Å². The van der Waals surface area contributed by atoms with Gasteiger partial charge in [-0.2, -0.15) is 5.26 Å². The number of benzene rings is 3. The van der Waals surface area contributed by atoms with Gasteiger partial charge in [-0.1, -0.05) is 42.5 Å². The monoisotopic (exact) mass is 317 g/mol. The van der Waals surface area contributed by atoms with E-state index >= 15 is 0 Å². The Kier molecular flexibility index (Phi) is 4.58. The van der Waals surface area contributed by atoms with Crippen molar-refractivity contribution in [2.45, 2.75) is 13.5 Å². The summed E-state index contributed by atoms with van der Waals surface area (Å²) in [6.45, 7) is 2.14. The van der Waals surface area contributed by atoms with Gasteiger partial charge in [0.05, 0.1) is 11.6 Å². The van der Waals surface area contributed by atoms with Crippen LogP contribution in [0.2, 0.25) is 0 Å². The molecular formula is C21H16FNO. The van der Waals surface area contributed by atoms with Crippen molar-refractivity contribution in [1.82, 2.24) is 0 Å². The van der Waals surface area contributed by atoms with E-state index in [0.29, 0.717) is 23.3 Å². The van der Waals surface area contributed by atoms with Gasteiger partial charge in [0.15, 0.2) is 0 Å². The quantitative estimate of drug-likeness (QED) is 0.658. The second kappa shape index (κ2) is 6.97. The van der Waals surface area contributed by atoms with Crippen LogP contribution in [0.25, 0.3) is 11.1 Å². The van der Waals surface area contributed by atoms with Crippen molar-refractivity contribution in [2.24, 2.45) is 0 Å². The van der Waals surface area contributed by atoms with Crippen LogP contribution < -0.4 is 4.74 Å². The number of halogens is 1. The minimum Gasteiger partial charge on any atom is -0.489 e. The Morgan fingerprint density at radius 1 is 1.00 bits per heavy atom. The Hall–Kier alpha value is -3.12. The summed E-state index contributed by atoms with van der Waals surface area (Å²) >= 11 is 0. The van der Waals surface area contributed by atoms with Gasteiger partial charge < -0.3 is 4.74 Å². The largest absolute Gasteiger partial charge is 0.489 e. The SMILES string of the molecule is Cc1cc(C#N)c(-c2ccc(OCc3ccccc3)cc2)cc1F. The lowest BCUT2D eigenvalue weighted by molar-refractivity contribution is 0.306. The van der Waals surface area contributed by atoms with Crippen LogP contribution in [0, 0.1) is 24.1 Å². The maximum atomic E-state index is 13.8. The van der Waals surface area contributed by atoms with E-state index in [1.165, 1.54) is 6.07 Å². The zero-order valence-corrected chi connectivity index (χ0v) is 13.3. The number of aryl methyl sites for hydroxylation is 1. The second-order valence-corrected chi connectivity index (χ2v) is 5.56. The molecular weight excluding hydrogens is 301 g/mol. The molecule has 0 fully saturated rings. The summed E-state index contributed by atoms with van der Waals surface area (Å²) in [5.74, 6) is 0.419. The fraction of sp³-hybridized carbons (Fsp3) is 0.0952. The van der Waals surface area contributed by atoms with E-state index in [0.717, 1.165) is 16.9 Å². The first-order valence-electron chi connectivity index (χ1n) is 7.65. The molecule has 0 spiro atoms. The minimum atomic E-state index is -0.312. The highest BCUT2D eigenvalue weighted by molar-refractivity contribution is 5.71. The topological polar surface area (TPSA) is 33.0 Å². The maximum Gasteiger partial charge on any atom is 0.126 e. The smallest absolute Gasteiger partial charge is 0.126 e. The molecule has 3 heteroatoms. The fourth-order valence-corrected chi connectivity index (χ4v) is 2.48. The molecule has 0 atom stereocenters. The number of ether oxygens (including phenoxy) is 1. The highest BCUT2D eigenvalue weighted by Crippen LogP contribution is 2.28. The lowest BCUT2D eigenvalue weighted by Crippen LogP contribution is -1.95. The highest BCUT2D eigenvalue weighted by Gasteiger charge is 2.09. The average Bonchev–Trinajstić information content (AvgIpc) is 2.63. The van der Waals surface area contributed by atoms with Crippen molar-refractivity contribution in [2.75, 3.05) is 0 Å². The van der Waals surface area contributed by atoms with Gasteiger partial charge in [-0.25, -0.2) is 4.39 Å². The Morgan fingerprint density at radius 2 is 1.71 bits per heavy atom. The maximum absolute atomic E-state index is 13.8. The zero-order chi connectivity index (χ0) is 16.9. The van der Waals surface area contributed by atoms with E-state index in [9.17, 15) is 9.65 Å². The van der Waals surface area contributed by atoms with E-state index in [4.69, 9.17) is 4.74 Å². The van der Waals surface area contributed by atoms with Crippen LogP contribution in [0.4, 0.5) is 4.39 Å². The van der Waals surface area contributed by atoms with Crippen LogP contribution in [-0.2, 0) is 6.61 Å². The van der Waals surface area contributed by atoms with Gasteiger partial charge >= 0.3 is 0 Å².